The van der Waals surface area contributed by atoms with Crippen LogP contribution in [0, 0.1) is 6.92 Å². The molecule has 1 aromatic carbocycles. The maximum absolute atomic E-state index is 12.4. The molecule has 1 aliphatic rings. The average Bonchev–Trinajstić information content (AvgIpc) is 2.99. The van der Waals surface area contributed by atoms with Gasteiger partial charge in [-0.1, -0.05) is 30.0 Å². The first-order chi connectivity index (χ1) is 10.1. The third-order valence-electron chi connectivity index (χ3n) is 2.84. The van der Waals surface area contributed by atoms with E-state index in [2.05, 4.69) is 5.43 Å². The minimum absolute atomic E-state index is 0.178. The number of carbonyl (C=O) groups excluding carboxylic acids is 1. The van der Waals surface area contributed by atoms with Gasteiger partial charge >= 0.3 is 0 Å². The van der Waals surface area contributed by atoms with E-state index in [1.54, 1.807) is 6.08 Å². The van der Waals surface area contributed by atoms with Crippen LogP contribution in [-0.2, 0) is 4.79 Å². The summed E-state index contributed by atoms with van der Waals surface area (Å²) in [6.45, 7) is 1.86. The largest absolute Gasteiger partial charge is 0.462 e. The van der Waals surface area contributed by atoms with Crippen LogP contribution in [0.5, 0.6) is 0 Å². The molecule has 0 aliphatic carbocycles. The topological polar surface area (TPSA) is 45.5 Å². The molecule has 1 aliphatic heterocycles. The SMILES string of the molecule is Cc1ccc(C=C2SC(=S)N(Nc3ccccc3)C2=O)o1. The van der Waals surface area contributed by atoms with Crippen LogP contribution in [0.4, 0.5) is 5.69 Å². The Morgan fingerprint density at radius 1 is 1.24 bits per heavy atom. The molecular weight excluding hydrogens is 304 g/mol. The zero-order valence-corrected chi connectivity index (χ0v) is 12.8. The summed E-state index contributed by atoms with van der Waals surface area (Å²) in [6.07, 6.45) is 1.71. The average molecular weight is 316 g/mol. The van der Waals surface area contributed by atoms with Gasteiger partial charge in [-0.2, -0.15) is 0 Å². The molecule has 106 valence electrons. The molecule has 4 nitrogen and oxygen atoms in total. The summed E-state index contributed by atoms with van der Waals surface area (Å²) in [5, 5.41) is 1.37. The molecular formula is C15H12N2O2S2. The van der Waals surface area contributed by atoms with Crippen molar-refractivity contribution in [2.24, 2.45) is 0 Å². The van der Waals surface area contributed by atoms with Crippen molar-refractivity contribution in [2.45, 2.75) is 6.92 Å². The number of nitrogens with zero attached hydrogens (tertiary/aromatic N) is 1. The first kappa shape index (κ1) is 13.9. The van der Waals surface area contributed by atoms with Crippen LogP contribution in [0.25, 0.3) is 6.08 Å². The fourth-order valence-corrected chi connectivity index (χ4v) is 3.03. The van der Waals surface area contributed by atoms with Crippen LogP contribution in [0.15, 0.2) is 51.8 Å². The molecule has 2 aromatic rings. The molecule has 1 fully saturated rings. The van der Waals surface area contributed by atoms with Crippen molar-refractivity contribution in [3.8, 4) is 0 Å². The Morgan fingerprint density at radius 3 is 2.67 bits per heavy atom. The van der Waals surface area contributed by atoms with E-state index in [4.69, 9.17) is 16.6 Å². The predicted octanol–water partition coefficient (Wildman–Crippen LogP) is 3.82. The van der Waals surface area contributed by atoms with Crippen LogP contribution >= 0.6 is 24.0 Å². The number of furan rings is 1. The van der Waals surface area contributed by atoms with Crippen LogP contribution in [0.2, 0.25) is 0 Å². The summed E-state index contributed by atoms with van der Waals surface area (Å²) in [5.74, 6) is 1.27. The quantitative estimate of drug-likeness (QED) is 0.689. The lowest BCUT2D eigenvalue weighted by atomic mass is 10.3. The molecule has 2 heterocycles. The van der Waals surface area contributed by atoms with E-state index < -0.39 is 0 Å². The number of thioether (sulfide) groups is 1. The van der Waals surface area contributed by atoms with E-state index in [9.17, 15) is 4.79 Å². The molecule has 0 bridgehead atoms. The van der Waals surface area contributed by atoms with Crippen molar-refractivity contribution < 1.29 is 9.21 Å². The number of benzene rings is 1. The summed E-state index contributed by atoms with van der Waals surface area (Å²) < 4.78 is 5.93. The number of hydrogen-bond acceptors (Lipinski definition) is 5. The Morgan fingerprint density at radius 2 is 2.00 bits per heavy atom. The highest BCUT2D eigenvalue weighted by Crippen LogP contribution is 2.32. The molecule has 6 heteroatoms. The Balaban J connectivity index is 1.81. The number of amides is 1. The third-order valence-corrected chi connectivity index (χ3v) is 4.15. The lowest BCUT2D eigenvalue weighted by molar-refractivity contribution is -0.121. The maximum Gasteiger partial charge on any atom is 0.285 e. The first-order valence-electron chi connectivity index (χ1n) is 6.29. The summed E-state index contributed by atoms with van der Waals surface area (Å²) >= 11 is 6.50. The Bertz CT molecular complexity index is 722. The van der Waals surface area contributed by atoms with Crippen molar-refractivity contribution in [1.29, 1.82) is 0 Å². The van der Waals surface area contributed by atoms with Crippen molar-refractivity contribution in [1.82, 2.24) is 5.01 Å². The van der Waals surface area contributed by atoms with Gasteiger partial charge in [0, 0.05) is 6.08 Å². The fourth-order valence-electron chi connectivity index (χ4n) is 1.87. The number of para-hydroxylation sites is 1. The van der Waals surface area contributed by atoms with Crippen LogP contribution in [0.1, 0.15) is 11.5 Å². The Kier molecular flexibility index (Phi) is 3.81. The van der Waals surface area contributed by atoms with E-state index in [-0.39, 0.29) is 5.91 Å². The Labute approximate surface area is 131 Å². The highest BCUT2D eigenvalue weighted by Gasteiger charge is 2.32. The minimum atomic E-state index is -0.178. The van der Waals surface area contributed by atoms with Crippen LogP contribution in [0.3, 0.4) is 0 Å². The Hall–Kier alpha value is -2.05. The molecule has 21 heavy (non-hydrogen) atoms. The van der Waals surface area contributed by atoms with Gasteiger partial charge in [0.2, 0.25) is 0 Å². The van der Waals surface area contributed by atoms with E-state index >= 15 is 0 Å². The molecule has 3 rings (SSSR count). The highest BCUT2D eigenvalue weighted by atomic mass is 32.2. The second-order valence-corrected chi connectivity index (χ2v) is 6.12. The zero-order chi connectivity index (χ0) is 14.8. The number of carbonyl (C=O) groups is 1. The van der Waals surface area contributed by atoms with Gasteiger partial charge < -0.3 is 4.42 Å². The molecule has 0 unspecified atom stereocenters. The minimum Gasteiger partial charge on any atom is -0.462 e. The molecule has 0 spiro atoms. The summed E-state index contributed by atoms with van der Waals surface area (Å²) in [4.78, 5) is 12.9. The van der Waals surface area contributed by atoms with Gasteiger partial charge in [-0.15, -0.1) is 0 Å². The third kappa shape index (κ3) is 3.01. The predicted molar refractivity (Wildman–Crippen MR) is 88.5 cm³/mol. The number of hydrazine groups is 1. The maximum atomic E-state index is 12.4. The van der Waals surface area contributed by atoms with E-state index in [1.165, 1.54) is 16.8 Å². The van der Waals surface area contributed by atoms with E-state index in [1.807, 2.05) is 49.4 Å². The molecule has 1 aromatic heterocycles. The number of rotatable bonds is 3. The van der Waals surface area contributed by atoms with E-state index in [0.29, 0.717) is 15.0 Å². The first-order valence-corrected chi connectivity index (χ1v) is 7.52. The zero-order valence-electron chi connectivity index (χ0n) is 11.2. The molecule has 0 atom stereocenters. The van der Waals surface area contributed by atoms with Crippen molar-refractivity contribution in [2.75, 3.05) is 5.43 Å². The van der Waals surface area contributed by atoms with Gasteiger partial charge in [0.1, 0.15) is 11.5 Å². The monoisotopic (exact) mass is 316 g/mol. The second kappa shape index (κ2) is 5.75. The molecule has 0 radical (unpaired) electrons. The number of hydrogen-bond donors (Lipinski definition) is 1. The standard InChI is InChI=1S/C15H12N2O2S2/c1-10-7-8-12(19-10)9-13-14(18)17(15(20)21-13)16-11-5-3-2-4-6-11/h2-9,16H,1H3. The van der Waals surface area contributed by atoms with Gasteiger partial charge in [-0.05, 0) is 43.4 Å². The number of anilines is 1. The van der Waals surface area contributed by atoms with Gasteiger partial charge in [-0.3, -0.25) is 10.2 Å². The lowest BCUT2D eigenvalue weighted by Crippen LogP contribution is -2.33. The lowest BCUT2D eigenvalue weighted by Gasteiger charge is -2.16. The molecule has 1 amide bonds. The smallest absolute Gasteiger partial charge is 0.285 e. The highest BCUT2D eigenvalue weighted by molar-refractivity contribution is 8.26. The molecule has 1 N–H and O–H groups in total. The summed E-state index contributed by atoms with van der Waals surface area (Å²) in [6, 6.07) is 13.1. The molecule has 0 saturated carbocycles. The van der Waals surface area contributed by atoms with E-state index in [0.717, 1.165) is 11.4 Å². The van der Waals surface area contributed by atoms with Crippen LogP contribution < -0.4 is 5.43 Å². The summed E-state index contributed by atoms with van der Waals surface area (Å²) in [7, 11) is 0. The van der Waals surface area contributed by atoms with Gasteiger partial charge in [0.25, 0.3) is 5.91 Å². The van der Waals surface area contributed by atoms with Crippen molar-refractivity contribution in [3.05, 3.63) is 58.9 Å². The number of nitrogens with one attached hydrogen (secondary N) is 1. The normalized spacial score (nSPS) is 16.8. The number of aryl methyl sites for hydroxylation is 1. The van der Waals surface area contributed by atoms with Gasteiger partial charge in [0.15, 0.2) is 4.32 Å². The van der Waals surface area contributed by atoms with Crippen molar-refractivity contribution >= 4 is 46.0 Å². The molecule has 1 saturated heterocycles. The van der Waals surface area contributed by atoms with Crippen LogP contribution in [-0.4, -0.2) is 15.2 Å². The second-order valence-electron chi connectivity index (χ2n) is 4.44. The van der Waals surface area contributed by atoms with Crippen molar-refractivity contribution in [3.63, 3.8) is 0 Å². The number of thiocarbonyl (C=S) groups is 1. The van der Waals surface area contributed by atoms with Gasteiger partial charge in [0.05, 0.1) is 10.6 Å². The van der Waals surface area contributed by atoms with Gasteiger partial charge in [-0.25, -0.2) is 5.01 Å². The summed E-state index contributed by atoms with van der Waals surface area (Å²) in [5.41, 5.74) is 3.82. The fraction of sp³-hybridized carbons (Fsp3) is 0.0667.